The van der Waals surface area contributed by atoms with Gasteiger partial charge in [-0.05, 0) is 70.6 Å². The maximum absolute atomic E-state index is 12.6. The molecule has 6 heteroatoms. The van der Waals surface area contributed by atoms with Gasteiger partial charge in [-0.3, -0.25) is 14.4 Å². The fourth-order valence-corrected chi connectivity index (χ4v) is 6.25. The highest BCUT2D eigenvalue weighted by Gasteiger charge is 2.14. The summed E-state index contributed by atoms with van der Waals surface area (Å²) in [6, 6.07) is 0. The van der Waals surface area contributed by atoms with Crippen molar-refractivity contribution in [3.05, 3.63) is 24.3 Å². The number of carbonyl (C=O) groups is 3. The molecule has 0 aromatic heterocycles. The van der Waals surface area contributed by atoms with Gasteiger partial charge in [-0.15, -0.1) is 0 Å². The fraction of sp³-hybridized carbons (Fsp3) is 0.837. The molecule has 49 heavy (non-hydrogen) atoms. The molecule has 0 saturated heterocycles. The summed E-state index contributed by atoms with van der Waals surface area (Å²) in [6.45, 7) is 4.17. The largest absolute Gasteiger partial charge is 0.480 e. The van der Waals surface area contributed by atoms with E-state index in [0.29, 0.717) is 12.8 Å². The number of hydrogen-bond donors (Lipinski definition) is 2. The quantitative estimate of drug-likeness (QED) is 0.0382. The van der Waals surface area contributed by atoms with Crippen LogP contribution in [0.3, 0.4) is 0 Å². The number of ether oxygens (including phenoxy) is 1. The molecule has 0 aromatic rings. The normalized spacial score (nSPS) is 12.2. The van der Waals surface area contributed by atoms with Gasteiger partial charge in [-0.2, -0.15) is 0 Å². The fourth-order valence-electron chi connectivity index (χ4n) is 6.25. The van der Waals surface area contributed by atoms with Crippen molar-refractivity contribution in [2.75, 3.05) is 6.54 Å². The summed E-state index contributed by atoms with van der Waals surface area (Å²) in [5, 5.41) is 11.1. The molecule has 2 N–H and O–H groups in total. The minimum absolute atomic E-state index is 0.00594. The Morgan fingerprint density at radius 2 is 0.939 bits per heavy atom. The number of carbonyl (C=O) groups excluding carboxylic acids is 2. The maximum Gasteiger partial charge on any atom is 0.322 e. The average molecular weight is 690 g/mol. The highest BCUT2D eigenvalue weighted by atomic mass is 16.5. The number of carboxylic acids is 1. The summed E-state index contributed by atoms with van der Waals surface area (Å²) in [5.74, 6) is -1.26. The molecule has 0 fully saturated rings. The highest BCUT2D eigenvalue weighted by Crippen LogP contribution is 2.18. The summed E-state index contributed by atoms with van der Waals surface area (Å²) in [6.07, 6.45) is 46.1. The van der Waals surface area contributed by atoms with Gasteiger partial charge in [0.25, 0.3) is 0 Å². The number of hydrogen-bond acceptors (Lipinski definition) is 4. The number of carboxylic acid groups (broad SMARTS) is 1. The van der Waals surface area contributed by atoms with Crippen LogP contribution in [0.15, 0.2) is 24.3 Å². The van der Waals surface area contributed by atoms with Crippen LogP contribution in [0.4, 0.5) is 0 Å². The van der Waals surface area contributed by atoms with Crippen LogP contribution in [-0.2, 0) is 19.1 Å². The first-order valence-electron chi connectivity index (χ1n) is 21.0. The van der Waals surface area contributed by atoms with Crippen molar-refractivity contribution < 1.29 is 24.2 Å². The number of unbranched alkanes of at least 4 members (excludes halogenated alkanes) is 23. The van der Waals surface area contributed by atoms with Gasteiger partial charge in [-0.1, -0.05) is 160 Å². The number of nitrogens with one attached hydrogen (secondary N) is 1. The Morgan fingerprint density at radius 3 is 1.41 bits per heavy atom. The van der Waals surface area contributed by atoms with E-state index in [2.05, 4.69) is 43.5 Å². The van der Waals surface area contributed by atoms with Crippen molar-refractivity contribution in [2.24, 2.45) is 0 Å². The SMILES string of the molecule is CCCCCCC/C=C\C/C=C\CCCCCCCCCCCCCC(=O)OC(CCCCCCC)CCCCCCC(=O)NCC(=O)O. The maximum atomic E-state index is 12.6. The van der Waals surface area contributed by atoms with Gasteiger partial charge >= 0.3 is 11.9 Å². The molecule has 6 nitrogen and oxygen atoms in total. The lowest BCUT2D eigenvalue weighted by Crippen LogP contribution is -2.28. The zero-order valence-corrected chi connectivity index (χ0v) is 32.3. The second-order valence-electron chi connectivity index (χ2n) is 14.2. The molecule has 0 saturated carbocycles. The molecule has 0 bridgehead atoms. The first kappa shape index (κ1) is 46.9. The predicted octanol–water partition coefficient (Wildman–Crippen LogP) is 12.7. The number of rotatable bonds is 38. The van der Waals surface area contributed by atoms with E-state index in [4.69, 9.17) is 9.84 Å². The van der Waals surface area contributed by atoms with Crippen molar-refractivity contribution in [1.82, 2.24) is 5.32 Å². The van der Waals surface area contributed by atoms with E-state index >= 15 is 0 Å². The van der Waals surface area contributed by atoms with E-state index in [-0.39, 0.29) is 24.5 Å². The Labute approximate surface area is 303 Å². The predicted molar refractivity (Wildman–Crippen MR) is 208 cm³/mol. The molecule has 1 unspecified atom stereocenters. The number of allylic oxidation sites excluding steroid dienone is 4. The summed E-state index contributed by atoms with van der Waals surface area (Å²) >= 11 is 0. The van der Waals surface area contributed by atoms with Gasteiger partial charge in [0, 0.05) is 12.8 Å². The first-order chi connectivity index (χ1) is 24.0. The summed E-state index contributed by atoms with van der Waals surface area (Å²) in [4.78, 5) is 34.8. The minimum Gasteiger partial charge on any atom is -0.480 e. The van der Waals surface area contributed by atoms with Crippen LogP contribution < -0.4 is 5.32 Å². The van der Waals surface area contributed by atoms with Gasteiger partial charge in [0.05, 0.1) is 0 Å². The topological polar surface area (TPSA) is 92.7 Å². The number of esters is 1. The van der Waals surface area contributed by atoms with Crippen LogP contribution in [0.25, 0.3) is 0 Å². The van der Waals surface area contributed by atoms with E-state index in [9.17, 15) is 14.4 Å². The standard InChI is InChI=1S/C43H79NO5/c1-3-5-7-9-10-11-12-13-14-15-16-17-18-19-20-21-22-23-24-25-26-28-34-38-43(48)49-40(35-31-27-8-6-4-2)36-32-29-30-33-37-41(45)44-39-42(46)47/h12-13,15-16,40H,3-11,14,17-39H2,1-2H3,(H,44,45)(H,46,47)/b13-12-,16-15-. The minimum atomic E-state index is -1.02. The van der Waals surface area contributed by atoms with E-state index in [1.54, 1.807) is 0 Å². The van der Waals surface area contributed by atoms with Crippen molar-refractivity contribution in [3.8, 4) is 0 Å². The zero-order valence-electron chi connectivity index (χ0n) is 32.3. The third-order valence-electron chi connectivity index (χ3n) is 9.38. The smallest absolute Gasteiger partial charge is 0.322 e. The Kier molecular flexibility index (Phi) is 37.0. The Hall–Kier alpha value is -2.11. The van der Waals surface area contributed by atoms with E-state index in [1.807, 2.05) is 0 Å². The third kappa shape index (κ3) is 38.5. The summed E-state index contributed by atoms with van der Waals surface area (Å²) < 4.78 is 5.94. The van der Waals surface area contributed by atoms with Gasteiger partial charge in [0.15, 0.2) is 0 Å². The monoisotopic (exact) mass is 690 g/mol. The van der Waals surface area contributed by atoms with Crippen molar-refractivity contribution in [3.63, 3.8) is 0 Å². The molecular weight excluding hydrogens is 610 g/mol. The first-order valence-corrected chi connectivity index (χ1v) is 21.0. The molecule has 1 atom stereocenters. The third-order valence-corrected chi connectivity index (χ3v) is 9.38. The molecule has 0 heterocycles. The highest BCUT2D eigenvalue weighted by molar-refractivity contribution is 5.80. The molecule has 0 rings (SSSR count). The van der Waals surface area contributed by atoms with Crippen LogP contribution in [0, 0.1) is 0 Å². The summed E-state index contributed by atoms with van der Waals surface area (Å²) in [7, 11) is 0. The van der Waals surface area contributed by atoms with Crippen molar-refractivity contribution in [1.29, 1.82) is 0 Å². The van der Waals surface area contributed by atoms with Crippen LogP contribution in [0.1, 0.15) is 219 Å². The van der Waals surface area contributed by atoms with Crippen LogP contribution in [-0.4, -0.2) is 35.6 Å². The van der Waals surface area contributed by atoms with E-state index in [0.717, 1.165) is 64.2 Å². The number of aliphatic carboxylic acids is 1. The van der Waals surface area contributed by atoms with Gasteiger partial charge in [0.1, 0.15) is 12.6 Å². The lowest BCUT2D eigenvalue weighted by molar-refractivity contribution is -0.150. The molecule has 0 radical (unpaired) electrons. The Morgan fingerprint density at radius 1 is 0.531 bits per heavy atom. The van der Waals surface area contributed by atoms with Crippen LogP contribution >= 0.6 is 0 Å². The van der Waals surface area contributed by atoms with Crippen LogP contribution in [0.2, 0.25) is 0 Å². The molecule has 0 aliphatic carbocycles. The number of amides is 1. The average Bonchev–Trinajstić information content (AvgIpc) is 3.08. The van der Waals surface area contributed by atoms with E-state index in [1.165, 1.54) is 128 Å². The Bertz CT molecular complexity index is 808. The molecule has 1 amide bonds. The molecular formula is C43H79NO5. The zero-order chi connectivity index (χ0) is 35.9. The van der Waals surface area contributed by atoms with Gasteiger partial charge < -0.3 is 15.2 Å². The van der Waals surface area contributed by atoms with Crippen molar-refractivity contribution >= 4 is 17.8 Å². The second-order valence-corrected chi connectivity index (χ2v) is 14.2. The van der Waals surface area contributed by atoms with Crippen molar-refractivity contribution in [2.45, 2.75) is 225 Å². The van der Waals surface area contributed by atoms with Gasteiger partial charge in [-0.25, -0.2) is 0 Å². The molecule has 286 valence electrons. The lowest BCUT2D eigenvalue weighted by Gasteiger charge is -2.18. The molecule has 0 aromatic carbocycles. The molecule has 0 aliphatic rings. The lowest BCUT2D eigenvalue weighted by atomic mass is 10.0. The van der Waals surface area contributed by atoms with Crippen LogP contribution in [0.5, 0.6) is 0 Å². The molecule has 0 spiro atoms. The summed E-state index contributed by atoms with van der Waals surface area (Å²) in [5.41, 5.74) is 0. The molecule has 0 aliphatic heterocycles. The van der Waals surface area contributed by atoms with Gasteiger partial charge in [0.2, 0.25) is 5.91 Å². The van der Waals surface area contributed by atoms with E-state index < -0.39 is 5.97 Å². The Balaban J connectivity index is 3.79. The second kappa shape index (κ2) is 38.7.